The number of esters is 1. The summed E-state index contributed by atoms with van der Waals surface area (Å²) in [5, 5.41) is 0.235. The maximum absolute atomic E-state index is 11.0. The van der Waals surface area contributed by atoms with Crippen LogP contribution in [0.25, 0.3) is 0 Å². The summed E-state index contributed by atoms with van der Waals surface area (Å²) in [4.78, 5) is 12.2. The average Bonchev–Trinajstić information content (AvgIpc) is 2.21. The van der Waals surface area contributed by atoms with Gasteiger partial charge in [0.25, 0.3) is 0 Å². The molecule has 0 heterocycles. The maximum atomic E-state index is 11.0. The van der Waals surface area contributed by atoms with Gasteiger partial charge >= 0.3 is 5.97 Å². The Balaban J connectivity index is 2.47. The quantitative estimate of drug-likeness (QED) is 0.627. The van der Waals surface area contributed by atoms with Crippen molar-refractivity contribution < 1.29 is 9.53 Å². The number of hydrogen-bond donors (Lipinski definition) is 0. The van der Waals surface area contributed by atoms with E-state index in [1.807, 2.05) is 31.2 Å². The first-order valence-corrected chi connectivity index (χ1v) is 6.28. The average molecular weight is 289 g/mol. The Hall–Kier alpha value is -0.480. The highest BCUT2D eigenvalue weighted by molar-refractivity contribution is 9.10. The third kappa shape index (κ3) is 4.71. The smallest absolute Gasteiger partial charge is 0.306 e. The van der Waals surface area contributed by atoms with Crippen molar-refractivity contribution in [2.24, 2.45) is 0 Å². The SMILES string of the molecule is COC(=O)CC(C)Sc1ccc(Br)cc1. The van der Waals surface area contributed by atoms with Crippen molar-refractivity contribution in [3.05, 3.63) is 28.7 Å². The van der Waals surface area contributed by atoms with Gasteiger partial charge in [-0.15, -0.1) is 11.8 Å². The molecular formula is C11H13BrO2S. The van der Waals surface area contributed by atoms with E-state index in [1.54, 1.807) is 11.8 Å². The fourth-order valence-corrected chi connectivity index (χ4v) is 2.35. The molecule has 15 heavy (non-hydrogen) atoms. The van der Waals surface area contributed by atoms with Crippen LogP contribution < -0.4 is 0 Å². The minimum atomic E-state index is -0.160. The molecule has 0 N–H and O–H groups in total. The highest BCUT2D eigenvalue weighted by Gasteiger charge is 2.10. The van der Waals surface area contributed by atoms with Crippen molar-refractivity contribution in [2.75, 3.05) is 7.11 Å². The topological polar surface area (TPSA) is 26.3 Å². The van der Waals surface area contributed by atoms with E-state index in [2.05, 4.69) is 20.7 Å². The molecule has 0 saturated heterocycles. The highest BCUT2D eigenvalue weighted by atomic mass is 79.9. The fourth-order valence-electron chi connectivity index (χ4n) is 1.11. The zero-order valence-electron chi connectivity index (χ0n) is 8.70. The predicted molar refractivity (Wildman–Crippen MR) is 66.1 cm³/mol. The summed E-state index contributed by atoms with van der Waals surface area (Å²) in [5.41, 5.74) is 0. The lowest BCUT2D eigenvalue weighted by atomic mass is 10.3. The zero-order valence-corrected chi connectivity index (χ0v) is 11.1. The molecule has 1 aromatic rings. The molecule has 1 atom stereocenters. The van der Waals surface area contributed by atoms with Crippen molar-refractivity contribution in [1.82, 2.24) is 0 Å². The minimum absolute atomic E-state index is 0.160. The maximum Gasteiger partial charge on any atom is 0.306 e. The molecule has 1 aromatic carbocycles. The molecule has 0 aliphatic carbocycles. The van der Waals surface area contributed by atoms with E-state index >= 15 is 0 Å². The lowest BCUT2D eigenvalue weighted by Crippen LogP contribution is -2.08. The summed E-state index contributed by atoms with van der Waals surface area (Å²) < 4.78 is 5.68. The van der Waals surface area contributed by atoms with Crippen LogP contribution in [-0.2, 0) is 9.53 Å². The van der Waals surface area contributed by atoms with Gasteiger partial charge in [-0.1, -0.05) is 22.9 Å². The summed E-state index contributed by atoms with van der Waals surface area (Å²) >= 11 is 5.05. The molecular weight excluding hydrogens is 276 g/mol. The summed E-state index contributed by atoms with van der Waals surface area (Å²) in [6.45, 7) is 2.02. The minimum Gasteiger partial charge on any atom is -0.469 e. The lowest BCUT2D eigenvalue weighted by Gasteiger charge is -2.09. The molecule has 0 spiro atoms. The van der Waals surface area contributed by atoms with Gasteiger partial charge in [0.2, 0.25) is 0 Å². The Morgan fingerprint density at radius 2 is 2.07 bits per heavy atom. The molecule has 0 aliphatic heterocycles. The largest absolute Gasteiger partial charge is 0.469 e. The number of ether oxygens (including phenoxy) is 1. The van der Waals surface area contributed by atoms with Gasteiger partial charge in [0.1, 0.15) is 0 Å². The van der Waals surface area contributed by atoms with Crippen molar-refractivity contribution >= 4 is 33.7 Å². The molecule has 1 unspecified atom stereocenters. The third-order valence-electron chi connectivity index (χ3n) is 1.83. The number of carbonyl (C=O) groups excluding carboxylic acids is 1. The van der Waals surface area contributed by atoms with Gasteiger partial charge in [0, 0.05) is 14.6 Å². The van der Waals surface area contributed by atoms with Gasteiger partial charge in [-0.2, -0.15) is 0 Å². The van der Waals surface area contributed by atoms with Gasteiger partial charge in [0.15, 0.2) is 0 Å². The molecule has 0 amide bonds. The molecule has 2 nitrogen and oxygen atoms in total. The van der Waals surface area contributed by atoms with Crippen molar-refractivity contribution in [3.8, 4) is 0 Å². The Kier molecular flexibility index (Phi) is 5.19. The first-order chi connectivity index (χ1) is 7.11. The number of rotatable bonds is 4. The molecule has 82 valence electrons. The number of benzene rings is 1. The normalized spacial score (nSPS) is 12.2. The second kappa shape index (κ2) is 6.18. The Bertz CT molecular complexity index is 324. The number of carbonyl (C=O) groups is 1. The Morgan fingerprint density at radius 1 is 1.47 bits per heavy atom. The van der Waals surface area contributed by atoms with Crippen molar-refractivity contribution in [2.45, 2.75) is 23.5 Å². The van der Waals surface area contributed by atoms with Crippen LogP contribution in [0.15, 0.2) is 33.6 Å². The molecule has 0 radical (unpaired) electrons. The first-order valence-electron chi connectivity index (χ1n) is 4.61. The summed E-state index contributed by atoms with van der Waals surface area (Å²) in [7, 11) is 1.42. The van der Waals surface area contributed by atoms with Gasteiger partial charge in [-0.05, 0) is 24.3 Å². The zero-order chi connectivity index (χ0) is 11.3. The van der Waals surface area contributed by atoms with Gasteiger partial charge < -0.3 is 4.74 Å². The second-order valence-corrected chi connectivity index (χ2v) is 5.59. The number of hydrogen-bond acceptors (Lipinski definition) is 3. The van der Waals surface area contributed by atoms with Crippen molar-refractivity contribution in [1.29, 1.82) is 0 Å². The number of halogens is 1. The molecule has 4 heteroatoms. The van der Waals surface area contributed by atoms with E-state index < -0.39 is 0 Å². The second-order valence-electron chi connectivity index (χ2n) is 3.16. The van der Waals surface area contributed by atoms with Gasteiger partial charge in [0.05, 0.1) is 13.5 Å². The number of thioether (sulfide) groups is 1. The standard InChI is InChI=1S/C11H13BrO2S/c1-8(7-11(13)14-2)15-10-5-3-9(12)4-6-10/h3-6,8H,7H2,1-2H3. The number of methoxy groups -OCH3 is 1. The predicted octanol–water partition coefficient (Wildman–Crippen LogP) is 3.49. The fraction of sp³-hybridized carbons (Fsp3) is 0.364. The molecule has 0 bridgehead atoms. The van der Waals surface area contributed by atoms with Crippen LogP contribution in [0.2, 0.25) is 0 Å². The van der Waals surface area contributed by atoms with Crippen LogP contribution in [0.5, 0.6) is 0 Å². The molecule has 0 fully saturated rings. The van der Waals surface area contributed by atoms with Crippen molar-refractivity contribution in [3.63, 3.8) is 0 Å². The Labute approximate surface area is 103 Å². The van der Waals surface area contributed by atoms with E-state index in [0.717, 1.165) is 9.37 Å². The van der Waals surface area contributed by atoms with E-state index in [0.29, 0.717) is 6.42 Å². The molecule has 1 rings (SSSR count). The first kappa shape index (κ1) is 12.6. The van der Waals surface area contributed by atoms with Gasteiger partial charge in [-0.25, -0.2) is 0 Å². The molecule has 0 saturated carbocycles. The summed E-state index contributed by atoms with van der Waals surface area (Å²) in [5.74, 6) is -0.160. The van der Waals surface area contributed by atoms with Crippen LogP contribution in [0.1, 0.15) is 13.3 Å². The lowest BCUT2D eigenvalue weighted by molar-refractivity contribution is -0.140. The molecule has 0 aliphatic rings. The van der Waals surface area contributed by atoms with Crippen LogP contribution in [0, 0.1) is 0 Å². The van der Waals surface area contributed by atoms with Crippen LogP contribution in [-0.4, -0.2) is 18.3 Å². The van der Waals surface area contributed by atoms with E-state index in [1.165, 1.54) is 7.11 Å². The monoisotopic (exact) mass is 288 g/mol. The van der Waals surface area contributed by atoms with E-state index in [4.69, 9.17) is 0 Å². The Morgan fingerprint density at radius 3 is 2.60 bits per heavy atom. The van der Waals surface area contributed by atoms with Crippen LogP contribution in [0.3, 0.4) is 0 Å². The van der Waals surface area contributed by atoms with Crippen LogP contribution >= 0.6 is 27.7 Å². The molecule has 0 aromatic heterocycles. The summed E-state index contributed by atoms with van der Waals surface area (Å²) in [6, 6.07) is 8.05. The van der Waals surface area contributed by atoms with Gasteiger partial charge in [-0.3, -0.25) is 4.79 Å². The van der Waals surface area contributed by atoms with E-state index in [9.17, 15) is 4.79 Å². The highest BCUT2D eigenvalue weighted by Crippen LogP contribution is 2.26. The summed E-state index contributed by atoms with van der Waals surface area (Å²) in [6.07, 6.45) is 0.442. The third-order valence-corrected chi connectivity index (χ3v) is 3.47. The van der Waals surface area contributed by atoms with Crippen LogP contribution in [0.4, 0.5) is 0 Å². The van der Waals surface area contributed by atoms with E-state index in [-0.39, 0.29) is 11.2 Å².